The van der Waals surface area contributed by atoms with Gasteiger partial charge in [-0.25, -0.2) is 0 Å². The molecular weight excluding hydrogens is 332 g/mol. The summed E-state index contributed by atoms with van der Waals surface area (Å²) >= 11 is 0. The van der Waals surface area contributed by atoms with Gasteiger partial charge in [0.25, 0.3) is 0 Å². The minimum absolute atomic E-state index is 0.0920. The van der Waals surface area contributed by atoms with Gasteiger partial charge in [-0.05, 0) is 40.5 Å². The Kier molecular flexibility index (Phi) is 7.39. The van der Waals surface area contributed by atoms with E-state index in [2.05, 4.69) is 0 Å². The molecule has 0 aliphatic heterocycles. The van der Waals surface area contributed by atoms with Gasteiger partial charge in [0.1, 0.15) is 5.92 Å². The van der Waals surface area contributed by atoms with Gasteiger partial charge in [0.2, 0.25) is 0 Å². The molecule has 5 nitrogen and oxygen atoms in total. The van der Waals surface area contributed by atoms with Gasteiger partial charge in [0.05, 0.1) is 5.92 Å². The van der Waals surface area contributed by atoms with Crippen LogP contribution in [-0.2, 0) is 19.2 Å². The van der Waals surface area contributed by atoms with Gasteiger partial charge in [0, 0.05) is 12.3 Å². The van der Waals surface area contributed by atoms with Crippen molar-refractivity contribution >= 4 is 23.1 Å². The molecule has 0 spiro atoms. The monoisotopic (exact) mass is 362 g/mol. The van der Waals surface area contributed by atoms with Crippen LogP contribution in [0.2, 0.25) is 0 Å². The Morgan fingerprint density at radius 1 is 1.08 bits per heavy atom. The summed E-state index contributed by atoms with van der Waals surface area (Å²) in [5.74, 6) is -6.17. The van der Waals surface area contributed by atoms with Crippen LogP contribution in [0.5, 0.6) is 0 Å². The summed E-state index contributed by atoms with van der Waals surface area (Å²) in [7, 11) is 0. The van der Waals surface area contributed by atoms with Gasteiger partial charge >= 0.3 is 0 Å². The Balaban J connectivity index is 3.43. The molecule has 1 rings (SSSR count). The first-order chi connectivity index (χ1) is 12.0. The molecule has 144 valence electrons. The molecule has 1 aliphatic carbocycles. The third-order valence-corrected chi connectivity index (χ3v) is 4.97. The van der Waals surface area contributed by atoms with E-state index in [1.54, 1.807) is 39.8 Å². The number of aliphatic hydroxyl groups is 1. The van der Waals surface area contributed by atoms with Crippen LogP contribution in [0.4, 0.5) is 0 Å². The number of hydrogen-bond donors (Lipinski definition) is 1. The number of allylic oxidation sites excluding steroid dienone is 3. The van der Waals surface area contributed by atoms with E-state index in [4.69, 9.17) is 0 Å². The number of carbonyl (C=O) groups is 4. The third-order valence-electron chi connectivity index (χ3n) is 4.97. The maximum atomic E-state index is 12.9. The van der Waals surface area contributed by atoms with Gasteiger partial charge in [-0.2, -0.15) is 0 Å². The Morgan fingerprint density at radius 3 is 2.08 bits per heavy atom. The highest BCUT2D eigenvalue weighted by molar-refractivity contribution is 6.35. The zero-order valence-corrected chi connectivity index (χ0v) is 16.6. The van der Waals surface area contributed by atoms with E-state index in [1.807, 2.05) is 13.8 Å². The van der Waals surface area contributed by atoms with Crippen LogP contribution in [0.3, 0.4) is 0 Å². The van der Waals surface area contributed by atoms with E-state index in [9.17, 15) is 24.3 Å². The van der Waals surface area contributed by atoms with E-state index in [-0.39, 0.29) is 12.8 Å². The van der Waals surface area contributed by atoms with Crippen molar-refractivity contribution in [2.24, 2.45) is 17.8 Å². The maximum absolute atomic E-state index is 12.9. The molecule has 4 atom stereocenters. The first-order valence-corrected chi connectivity index (χ1v) is 9.12. The second-order valence-electron chi connectivity index (χ2n) is 7.69. The Bertz CT molecular complexity index is 662. The average Bonchev–Trinajstić information content (AvgIpc) is 2.57. The van der Waals surface area contributed by atoms with Crippen LogP contribution in [0.15, 0.2) is 23.3 Å². The van der Waals surface area contributed by atoms with Crippen molar-refractivity contribution in [3.63, 3.8) is 0 Å². The summed E-state index contributed by atoms with van der Waals surface area (Å²) in [4.78, 5) is 51.2. The number of carbonyl (C=O) groups excluding carboxylic acids is 4. The van der Waals surface area contributed by atoms with Gasteiger partial charge < -0.3 is 5.11 Å². The summed E-state index contributed by atoms with van der Waals surface area (Å²) in [5, 5.41) is 10.9. The van der Waals surface area contributed by atoms with E-state index in [0.717, 1.165) is 11.1 Å². The van der Waals surface area contributed by atoms with Crippen molar-refractivity contribution < 1.29 is 24.3 Å². The highest BCUT2D eigenvalue weighted by atomic mass is 16.3. The van der Waals surface area contributed by atoms with Crippen LogP contribution in [0.25, 0.3) is 0 Å². The Hall–Kier alpha value is -1.88. The van der Waals surface area contributed by atoms with Crippen molar-refractivity contribution in [1.82, 2.24) is 0 Å². The fourth-order valence-corrected chi connectivity index (χ4v) is 2.99. The molecule has 0 saturated heterocycles. The highest BCUT2D eigenvalue weighted by Crippen LogP contribution is 2.35. The van der Waals surface area contributed by atoms with Crippen molar-refractivity contribution in [2.75, 3.05) is 0 Å². The fraction of sp³-hybridized carbons (Fsp3) is 0.619. The van der Waals surface area contributed by atoms with Crippen LogP contribution in [-0.4, -0.2) is 33.8 Å². The Labute approximate surface area is 155 Å². The lowest BCUT2D eigenvalue weighted by molar-refractivity contribution is -0.166. The zero-order chi connectivity index (χ0) is 20.2. The van der Waals surface area contributed by atoms with E-state index in [1.165, 1.54) is 0 Å². The lowest BCUT2D eigenvalue weighted by atomic mass is 9.64. The highest BCUT2D eigenvalue weighted by Gasteiger charge is 2.59. The molecule has 0 aromatic heterocycles. The van der Waals surface area contributed by atoms with Gasteiger partial charge in [0.15, 0.2) is 28.7 Å². The fourth-order valence-electron chi connectivity index (χ4n) is 2.99. The summed E-state index contributed by atoms with van der Waals surface area (Å²) in [6.45, 7) is 10.7. The SMILES string of the molecule is CCC(C)C(=O)C1C(=O)C(CC=C(C)C)C(=O)C(O)(CC=C(C)C)C1=O. The number of rotatable bonds is 7. The van der Waals surface area contributed by atoms with Crippen LogP contribution in [0.1, 0.15) is 60.8 Å². The summed E-state index contributed by atoms with van der Waals surface area (Å²) in [6, 6.07) is 0. The predicted octanol–water partition coefficient (Wildman–Crippen LogP) is 3.00. The molecule has 1 saturated carbocycles. The molecule has 1 aliphatic rings. The molecular formula is C21H30O5. The lowest BCUT2D eigenvalue weighted by Crippen LogP contribution is -2.62. The number of hydrogen-bond acceptors (Lipinski definition) is 5. The zero-order valence-electron chi connectivity index (χ0n) is 16.6. The summed E-state index contributed by atoms with van der Waals surface area (Å²) in [6.07, 6.45) is 3.68. The molecule has 0 amide bonds. The van der Waals surface area contributed by atoms with Crippen molar-refractivity contribution in [3.05, 3.63) is 23.3 Å². The second-order valence-corrected chi connectivity index (χ2v) is 7.69. The van der Waals surface area contributed by atoms with Gasteiger partial charge in [-0.3, -0.25) is 19.2 Å². The topological polar surface area (TPSA) is 88.5 Å². The van der Waals surface area contributed by atoms with Gasteiger partial charge in [-0.1, -0.05) is 37.1 Å². The molecule has 0 bridgehead atoms. The predicted molar refractivity (Wildman–Crippen MR) is 99.5 cm³/mol. The summed E-state index contributed by atoms with van der Waals surface area (Å²) in [5.41, 5.74) is -0.569. The van der Waals surface area contributed by atoms with Crippen LogP contribution < -0.4 is 0 Å². The minimum atomic E-state index is -2.32. The number of Topliss-reactive ketones (excluding diaryl/α,β-unsaturated/α-hetero) is 4. The minimum Gasteiger partial charge on any atom is -0.374 e. The van der Waals surface area contributed by atoms with Gasteiger partial charge in [-0.15, -0.1) is 0 Å². The second kappa shape index (κ2) is 8.67. The van der Waals surface area contributed by atoms with Crippen molar-refractivity contribution in [3.8, 4) is 0 Å². The molecule has 4 unspecified atom stereocenters. The van der Waals surface area contributed by atoms with E-state index < -0.39 is 46.5 Å². The number of ketones is 4. The van der Waals surface area contributed by atoms with Crippen molar-refractivity contribution in [2.45, 2.75) is 66.4 Å². The standard InChI is InChI=1S/C21H30O5/c1-7-14(6)17(22)16-18(23)15(9-8-12(2)3)19(24)21(26,20(16)25)11-10-13(4)5/h8,10,14-16,26H,7,9,11H2,1-6H3. The van der Waals surface area contributed by atoms with E-state index >= 15 is 0 Å². The quantitative estimate of drug-likeness (QED) is 0.555. The molecule has 26 heavy (non-hydrogen) atoms. The normalized spacial score (nSPS) is 27.1. The van der Waals surface area contributed by atoms with Crippen molar-refractivity contribution in [1.29, 1.82) is 0 Å². The molecule has 0 heterocycles. The molecule has 1 N–H and O–H groups in total. The third kappa shape index (κ3) is 4.44. The van der Waals surface area contributed by atoms with E-state index in [0.29, 0.717) is 6.42 Å². The lowest BCUT2D eigenvalue weighted by Gasteiger charge is -2.36. The average molecular weight is 362 g/mol. The summed E-state index contributed by atoms with van der Waals surface area (Å²) < 4.78 is 0. The smallest absolute Gasteiger partial charge is 0.190 e. The molecule has 0 radical (unpaired) electrons. The molecule has 5 heteroatoms. The van der Waals surface area contributed by atoms with Crippen LogP contribution in [0, 0.1) is 17.8 Å². The molecule has 0 aromatic carbocycles. The molecule has 1 fully saturated rings. The largest absolute Gasteiger partial charge is 0.374 e. The molecule has 0 aromatic rings. The first-order valence-electron chi connectivity index (χ1n) is 9.12. The first kappa shape index (κ1) is 22.2. The van der Waals surface area contributed by atoms with Crippen LogP contribution >= 0.6 is 0 Å². The maximum Gasteiger partial charge on any atom is 0.190 e. The Morgan fingerprint density at radius 2 is 1.62 bits per heavy atom.